The Hall–Kier alpha value is -2.04. The van der Waals surface area contributed by atoms with Gasteiger partial charge in [0.1, 0.15) is 5.75 Å². The minimum atomic E-state index is -0.0933. The van der Waals surface area contributed by atoms with Crippen molar-refractivity contribution in [2.75, 3.05) is 12.4 Å². The number of benzene rings is 1. The molecule has 5 heteroatoms. The van der Waals surface area contributed by atoms with Crippen molar-refractivity contribution >= 4 is 6.01 Å². The summed E-state index contributed by atoms with van der Waals surface area (Å²) in [4.78, 5) is 4.31. The molecule has 1 heterocycles. The lowest BCUT2D eigenvalue weighted by Gasteiger charge is -2.17. The van der Waals surface area contributed by atoms with Crippen LogP contribution in [-0.2, 0) is 6.42 Å². The van der Waals surface area contributed by atoms with Crippen molar-refractivity contribution in [2.24, 2.45) is 0 Å². The van der Waals surface area contributed by atoms with Crippen LogP contribution in [0.4, 0.5) is 6.01 Å². The summed E-state index contributed by atoms with van der Waals surface area (Å²) in [6.45, 7) is 6.13. The molecule has 1 N–H and O–H groups in total. The minimum Gasteiger partial charge on any atom is -0.497 e. The molecule has 0 aliphatic carbocycles. The molecule has 0 aliphatic heterocycles. The fourth-order valence-corrected chi connectivity index (χ4v) is 1.62. The minimum absolute atomic E-state index is 0.0933. The van der Waals surface area contributed by atoms with Gasteiger partial charge < -0.3 is 14.6 Å². The van der Waals surface area contributed by atoms with Gasteiger partial charge in [-0.2, -0.15) is 4.98 Å². The van der Waals surface area contributed by atoms with Gasteiger partial charge >= 0.3 is 6.01 Å². The summed E-state index contributed by atoms with van der Waals surface area (Å²) in [5, 5.41) is 7.10. The van der Waals surface area contributed by atoms with Gasteiger partial charge in [-0.3, -0.25) is 0 Å². The second-order valence-electron chi connectivity index (χ2n) is 5.42. The Bertz CT molecular complexity index is 526. The van der Waals surface area contributed by atoms with E-state index in [0.29, 0.717) is 18.3 Å². The van der Waals surface area contributed by atoms with Gasteiger partial charge in [0.15, 0.2) is 5.82 Å². The van der Waals surface area contributed by atoms with Crippen LogP contribution in [0.15, 0.2) is 28.8 Å². The van der Waals surface area contributed by atoms with Gasteiger partial charge in [0, 0.05) is 12.0 Å². The van der Waals surface area contributed by atoms with Gasteiger partial charge in [-0.05, 0) is 38.5 Å². The normalized spacial score (nSPS) is 11.4. The summed E-state index contributed by atoms with van der Waals surface area (Å²) in [5.41, 5.74) is 1.02. The maximum Gasteiger partial charge on any atom is 0.321 e. The molecule has 0 bridgehead atoms. The zero-order chi connectivity index (χ0) is 13.9. The average Bonchev–Trinajstić information content (AvgIpc) is 2.75. The van der Waals surface area contributed by atoms with Crippen molar-refractivity contribution in [3.05, 3.63) is 35.7 Å². The Morgan fingerprint density at radius 1 is 1.21 bits per heavy atom. The van der Waals surface area contributed by atoms with Crippen molar-refractivity contribution in [1.29, 1.82) is 0 Å². The molecule has 1 aromatic carbocycles. The van der Waals surface area contributed by atoms with Crippen molar-refractivity contribution in [2.45, 2.75) is 32.7 Å². The summed E-state index contributed by atoms with van der Waals surface area (Å²) in [6.07, 6.45) is 0.638. The first-order chi connectivity index (χ1) is 8.96. The maximum absolute atomic E-state index is 5.16. The van der Waals surface area contributed by atoms with Crippen LogP contribution in [0.2, 0.25) is 0 Å². The molecule has 2 rings (SSSR count). The highest BCUT2D eigenvalue weighted by atomic mass is 16.5. The summed E-state index contributed by atoms with van der Waals surface area (Å²) in [6, 6.07) is 8.28. The van der Waals surface area contributed by atoms with Crippen molar-refractivity contribution < 1.29 is 9.26 Å². The van der Waals surface area contributed by atoms with Gasteiger partial charge in [0.05, 0.1) is 7.11 Å². The molecule has 0 radical (unpaired) electrons. The zero-order valence-electron chi connectivity index (χ0n) is 11.7. The molecule has 1 aromatic heterocycles. The van der Waals surface area contributed by atoms with Crippen LogP contribution in [0.5, 0.6) is 5.75 Å². The molecule has 102 valence electrons. The van der Waals surface area contributed by atoms with E-state index in [0.717, 1.165) is 11.3 Å². The molecule has 0 aliphatic rings. The van der Waals surface area contributed by atoms with Crippen LogP contribution >= 0.6 is 0 Å². The molecule has 0 atom stereocenters. The molecule has 0 saturated heterocycles. The van der Waals surface area contributed by atoms with E-state index in [2.05, 4.69) is 15.5 Å². The Balaban J connectivity index is 2.02. The predicted octanol–water partition coefficient (Wildman–Crippen LogP) is 2.88. The first kappa shape index (κ1) is 13.4. The first-order valence-electron chi connectivity index (χ1n) is 6.20. The largest absolute Gasteiger partial charge is 0.497 e. The maximum atomic E-state index is 5.16. The summed E-state index contributed by atoms with van der Waals surface area (Å²) in [5.74, 6) is 1.50. The fraction of sp³-hybridized carbons (Fsp3) is 0.429. The number of hydrogen-bond acceptors (Lipinski definition) is 5. The molecule has 0 spiro atoms. The number of hydrogen-bond donors (Lipinski definition) is 1. The average molecular weight is 261 g/mol. The lowest BCUT2D eigenvalue weighted by atomic mass is 10.1. The smallest absolute Gasteiger partial charge is 0.321 e. The van der Waals surface area contributed by atoms with Gasteiger partial charge in [-0.1, -0.05) is 17.3 Å². The van der Waals surface area contributed by atoms with E-state index in [-0.39, 0.29) is 5.54 Å². The lowest BCUT2D eigenvalue weighted by Crippen LogP contribution is -2.26. The highest BCUT2D eigenvalue weighted by molar-refractivity contribution is 5.30. The van der Waals surface area contributed by atoms with E-state index in [4.69, 9.17) is 9.26 Å². The second kappa shape index (κ2) is 5.30. The van der Waals surface area contributed by atoms with Crippen LogP contribution < -0.4 is 10.1 Å². The molecule has 0 fully saturated rings. The lowest BCUT2D eigenvalue weighted by molar-refractivity contribution is 0.413. The summed E-state index contributed by atoms with van der Waals surface area (Å²) >= 11 is 0. The van der Waals surface area contributed by atoms with Gasteiger partial charge in [-0.15, -0.1) is 0 Å². The van der Waals surface area contributed by atoms with Crippen LogP contribution in [0, 0.1) is 0 Å². The quantitative estimate of drug-likeness (QED) is 0.917. The number of rotatable bonds is 4. The number of anilines is 1. The summed E-state index contributed by atoms with van der Waals surface area (Å²) < 4.78 is 10.3. The van der Waals surface area contributed by atoms with Crippen LogP contribution in [-0.4, -0.2) is 22.8 Å². The highest BCUT2D eigenvalue weighted by Crippen LogP contribution is 2.16. The zero-order valence-corrected chi connectivity index (χ0v) is 11.7. The molecule has 0 amide bonds. The monoisotopic (exact) mass is 261 g/mol. The third-order valence-electron chi connectivity index (χ3n) is 2.47. The number of nitrogens with zero attached hydrogens (tertiary/aromatic N) is 2. The molecule has 0 saturated carbocycles. The Morgan fingerprint density at radius 2 is 1.89 bits per heavy atom. The van der Waals surface area contributed by atoms with Crippen LogP contribution in [0.25, 0.3) is 0 Å². The number of methoxy groups -OCH3 is 1. The van der Waals surface area contributed by atoms with E-state index in [1.165, 1.54) is 0 Å². The Labute approximate surface area is 113 Å². The van der Waals surface area contributed by atoms with E-state index >= 15 is 0 Å². The van der Waals surface area contributed by atoms with Crippen LogP contribution in [0.3, 0.4) is 0 Å². The number of aromatic nitrogens is 2. The van der Waals surface area contributed by atoms with Gasteiger partial charge in [-0.25, -0.2) is 0 Å². The topological polar surface area (TPSA) is 60.2 Å². The molecule has 19 heavy (non-hydrogen) atoms. The summed E-state index contributed by atoms with van der Waals surface area (Å²) in [7, 11) is 1.65. The molecule has 2 aromatic rings. The second-order valence-corrected chi connectivity index (χ2v) is 5.42. The molecular weight excluding hydrogens is 242 g/mol. The Morgan fingerprint density at radius 3 is 2.47 bits per heavy atom. The highest BCUT2D eigenvalue weighted by Gasteiger charge is 2.14. The third kappa shape index (κ3) is 3.98. The van der Waals surface area contributed by atoms with E-state index in [1.54, 1.807) is 7.11 Å². The van der Waals surface area contributed by atoms with Crippen LogP contribution in [0.1, 0.15) is 32.2 Å². The third-order valence-corrected chi connectivity index (χ3v) is 2.47. The van der Waals surface area contributed by atoms with E-state index in [9.17, 15) is 0 Å². The number of ether oxygens (including phenoxy) is 1. The number of nitrogens with one attached hydrogen (secondary N) is 1. The van der Waals surface area contributed by atoms with Gasteiger partial charge in [0.2, 0.25) is 0 Å². The SMILES string of the molecule is COc1ccc(Cc2noc(NC(C)(C)C)n2)cc1. The van der Waals surface area contributed by atoms with Crippen molar-refractivity contribution in [3.8, 4) is 5.75 Å². The molecule has 0 unspecified atom stereocenters. The van der Waals surface area contributed by atoms with Crippen molar-refractivity contribution in [3.63, 3.8) is 0 Å². The van der Waals surface area contributed by atoms with Crippen molar-refractivity contribution in [1.82, 2.24) is 10.1 Å². The van der Waals surface area contributed by atoms with E-state index < -0.39 is 0 Å². The standard InChI is InChI=1S/C14H19N3O2/c1-14(2,3)16-13-15-12(17-19-13)9-10-5-7-11(18-4)8-6-10/h5-8H,9H2,1-4H3,(H,15,16,17). The van der Waals surface area contributed by atoms with E-state index in [1.807, 2.05) is 45.0 Å². The molecule has 5 nitrogen and oxygen atoms in total. The Kier molecular flexibility index (Phi) is 3.74. The first-order valence-corrected chi connectivity index (χ1v) is 6.20. The molecular formula is C14H19N3O2. The fourth-order valence-electron chi connectivity index (χ4n) is 1.62. The predicted molar refractivity (Wildman–Crippen MR) is 73.5 cm³/mol. The van der Waals surface area contributed by atoms with Gasteiger partial charge in [0.25, 0.3) is 0 Å².